The van der Waals surface area contributed by atoms with E-state index in [0.717, 1.165) is 19.4 Å². The van der Waals surface area contributed by atoms with Crippen LogP contribution in [0.25, 0.3) is 10.8 Å². The summed E-state index contributed by atoms with van der Waals surface area (Å²) in [6, 6.07) is 7.39. The fourth-order valence-corrected chi connectivity index (χ4v) is 4.90. The number of piperazine rings is 1. The molecule has 1 amide bonds. The number of likely N-dealkylation sites (N-methyl/N-ethyl adjacent to an activating group) is 1. The Labute approximate surface area is 210 Å². The number of anilines is 1. The van der Waals surface area contributed by atoms with E-state index in [4.69, 9.17) is 21.1 Å². The fourth-order valence-electron chi connectivity index (χ4n) is 4.73. The van der Waals surface area contributed by atoms with E-state index in [1.165, 1.54) is 6.07 Å². The van der Waals surface area contributed by atoms with Crippen LogP contribution in [0.15, 0.2) is 18.2 Å². The smallest absolute Gasteiger partial charge is 0.410 e. The summed E-state index contributed by atoms with van der Waals surface area (Å²) in [4.78, 5) is 18.4. The average Bonchev–Trinajstić information content (AvgIpc) is 3.23. The second-order valence-electron chi connectivity index (χ2n) is 10.2. The highest BCUT2D eigenvalue weighted by molar-refractivity contribution is 6.31. The quantitative estimate of drug-likeness (QED) is 0.583. The third-order valence-electron chi connectivity index (χ3n) is 6.61. The molecule has 2 heterocycles. The van der Waals surface area contributed by atoms with Gasteiger partial charge >= 0.3 is 6.09 Å². The van der Waals surface area contributed by atoms with Crippen molar-refractivity contribution in [1.82, 2.24) is 9.80 Å². The number of hydrogen-bond donors (Lipinski definition) is 0. The molecule has 35 heavy (non-hydrogen) atoms. The van der Waals surface area contributed by atoms with E-state index >= 15 is 4.39 Å². The minimum absolute atomic E-state index is 0.0179. The first kappa shape index (κ1) is 25.3. The first-order valence-corrected chi connectivity index (χ1v) is 12.4. The van der Waals surface area contributed by atoms with E-state index < -0.39 is 11.4 Å². The largest absolute Gasteiger partial charge is 0.490 e. The van der Waals surface area contributed by atoms with Crippen molar-refractivity contribution in [1.29, 1.82) is 5.26 Å². The van der Waals surface area contributed by atoms with Crippen molar-refractivity contribution in [3.05, 3.63) is 34.6 Å². The zero-order valence-electron chi connectivity index (χ0n) is 20.7. The van der Waals surface area contributed by atoms with Crippen LogP contribution < -0.4 is 9.64 Å². The van der Waals surface area contributed by atoms with Crippen molar-refractivity contribution in [3.8, 4) is 11.8 Å². The van der Waals surface area contributed by atoms with E-state index in [9.17, 15) is 10.1 Å². The number of halogens is 2. The lowest BCUT2D eigenvalue weighted by atomic mass is 10.0. The maximum absolute atomic E-state index is 15.1. The Hall–Kier alpha value is -2.76. The molecule has 0 radical (unpaired) electrons. The van der Waals surface area contributed by atoms with Gasteiger partial charge in [0.2, 0.25) is 0 Å². The average molecular weight is 503 g/mol. The van der Waals surface area contributed by atoms with Gasteiger partial charge in [0.25, 0.3) is 0 Å². The van der Waals surface area contributed by atoms with Crippen molar-refractivity contribution >= 4 is 34.2 Å². The lowest BCUT2D eigenvalue weighted by molar-refractivity contribution is 0.0240. The number of hydrogen-bond acceptors (Lipinski definition) is 6. The van der Waals surface area contributed by atoms with Crippen LogP contribution in [-0.2, 0) is 4.74 Å². The van der Waals surface area contributed by atoms with E-state index in [0.29, 0.717) is 60.6 Å². The van der Waals surface area contributed by atoms with Crippen molar-refractivity contribution < 1.29 is 18.7 Å². The summed E-state index contributed by atoms with van der Waals surface area (Å²) in [5.74, 6) is -0.184. The van der Waals surface area contributed by atoms with Crippen LogP contribution in [0, 0.1) is 17.1 Å². The van der Waals surface area contributed by atoms with Gasteiger partial charge in [0.15, 0.2) is 0 Å². The Morgan fingerprint density at radius 1 is 1.20 bits per heavy atom. The van der Waals surface area contributed by atoms with Crippen molar-refractivity contribution in [3.63, 3.8) is 0 Å². The summed E-state index contributed by atoms with van der Waals surface area (Å²) < 4.78 is 26.8. The third-order valence-corrected chi connectivity index (χ3v) is 6.90. The van der Waals surface area contributed by atoms with Gasteiger partial charge in [-0.3, -0.25) is 0 Å². The molecule has 9 heteroatoms. The van der Waals surface area contributed by atoms with Gasteiger partial charge in [-0.15, -0.1) is 0 Å². The molecule has 0 aromatic heterocycles. The molecule has 2 saturated heterocycles. The molecule has 7 nitrogen and oxygen atoms in total. The Kier molecular flexibility index (Phi) is 7.30. The maximum atomic E-state index is 15.1. The van der Waals surface area contributed by atoms with Gasteiger partial charge in [-0.25, -0.2) is 9.18 Å². The predicted molar refractivity (Wildman–Crippen MR) is 135 cm³/mol. The van der Waals surface area contributed by atoms with E-state index in [1.54, 1.807) is 17.0 Å². The Morgan fingerprint density at radius 2 is 1.91 bits per heavy atom. The number of nitrogens with zero attached hydrogens (tertiary/aromatic N) is 4. The van der Waals surface area contributed by atoms with Gasteiger partial charge in [-0.2, -0.15) is 5.26 Å². The molecule has 1 atom stereocenters. The lowest BCUT2D eigenvalue weighted by Crippen LogP contribution is -2.50. The minimum atomic E-state index is -0.575. The van der Waals surface area contributed by atoms with Crippen LogP contribution in [0.2, 0.25) is 5.02 Å². The summed E-state index contributed by atoms with van der Waals surface area (Å²) in [6.07, 6.45) is 1.76. The van der Waals surface area contributed by atoms with Gasteiger partial charge in [0.05, 0.1) is 10.7 Å². The number of amides is 1. The normalized spacial score (nSPS) is 19.2. The molecule has 0 aliphatic carbocycles. The second kappa shape index (κ2) is 10.1. The maximum Gasteiger partial charge on any atom is 0.410 e. The summed E-state index contributed by atoms with van der Waals surface area (Å²) in [5.41, 5.74) is 0.401. The number of fused-ring (bicyclic) bond motifs is 1. The molecule has 0 N–H and O–H groups in total. The van der Waals surface area contributed by atoms with E-state index in [1.807, 2.05) is 25.7 Å². The molecule has 0 spiro atoms. The number of rotatable bonds is 4. The van der Waals surface area contributed by atoms with Crippen LogP contribution in [-0.4, -0.2) is 73.9 Å². The Bertz CT molecular complexity index is 1150. The number of ether oxygens (including phenoxy) is 2. The highest BCUT2D eigenvalue weighted by Crippen LogP contribution is 2.40. The Morgan fingerprint density at radius 3 is 2.51 bits per heavy atom. The number of benzene rings is 2. The molecule has 0 saturated carbocycles. The van der Waals surface area contributed by atoms with Gasteiger partial charge in [-0.1, -0.05) is 17.7 Å². The zero-order chi connectivity index (χ0) is 25.3. The van der Waals surface area contributed by atoms with Crippen molar-refractivity contribution in [2.45, 2.75) is 45.3 Å². The first-order chi connectivity index (χ1) is 16.6. The van der Waals surface area contributed by atoms with Crippen LogP contribution in [0.4, 0.5) is 14.9 Å². The second-order valence-corrected chi connectivity index (χ2v) is 10.6. The topological polar surface area (TPSA) is 69.0 Å². The molecule has 0 bridgehead atoms. The summed E-state index contributed by atoms with van der Waals surface area (Å²) in [7, 11) is 2.06. The van der Waals surface area contributed by atoms with Crippen LogP contribution in [0.3, 0.4) is 0 Å². The number of carbonyl (C=O) groups is 1. The summed E-state index contributed by atoms with van der Waals surface area (Å²) >= 11 is 6.10. The molecule has 2 aliphatic rings. The number of carbonyl (C=O) groups excluding carboxylic acids is 1. The highest BCUT2D eigenvalue weighted by atomic mass is 35.5. The first-order valence-electron chi connectivity index (χ1n) is 12.0. The Balaban J connectivity index is 1.66. The fraction of sp³-hybridized carbons (Fsp3) is 0.538. The third kappa shape index (κ3) is 5.41. The van der Waals surface area contributed by atoms with E-state index in [2.05, 4.69) is 18.0 Å². The standard InChI is InChI=1S/C26H32ClFN4O3/c1-26(2,3)35-25(33)32-12-10-31(11-13-32)24-18-7-8-21(27)23(28)19(18)14-22(20(24)15-29)34-16-17-6-5-9-30(17)4/h7-8,14,17H,5-6,9-13,16H2,1-4H3/t17-/m0/s1. The molecule has 4 rings (SSSR count). The molecule has 2 aromatic carbocycles. The van der Waals surface area contributed by atoms with Crippen LogP contribution in [0.5, 0.6) is 5.75 Å². The molecule has 0 unspecified atom stereocenters. The van der Waals surface area contributed by atoms with Gasteiger partial charge in [0, 0.05) is 43.0 Å². The molecule has 2 fully saturated rings. The van der Waals surface area contributed by atoms with Crippen LogP contribution >= 0.6 is 11.6 Å². The van der Waals surface area contributed by atoms with Gasteiger partial charge in [0.1, 0.15) is 35.4 Å². The summed E-state index contributed by atoms with van der Waals surface area (Å²) in [5, 5.41) is 11.1. The van der Waals surface area contributed by atoms with Gasteiger partial charge < -0.3 is 24.2 Å². The van der Waals surface area contributed by atoms with Crippen molar-refractivity contribution in [2.24, 2.45) is 0 Å². The SMILES string of the molecule is CN1CCC[C@H]1COc1cc2c(F)c(Cl)ccc2c(N2CCN(C(=O)OC(C)(C)C)CC2)c1C#N. The van der Waals surface area contributed by atoms with Gasteiger partial charge in [-0.05, 0) is 59.3 Å². The molecular weight excluding hydrogens is 471 g/mol. The summed E-state index contributed by atoms with van der Waals surface area (Å²) in [6.45, 7) is 8.73. The van der Waals surface area contributed by atoms with Crippen LogP contribution in [0.1, 0.15) is 39.2 Å². The molecule has 2 aliphatic heterocycles. The number of likely N-dealkylation sites (tertiary alicyclic amines) is 1. The predicted octanol–water partition coefficient (Wildman–Crippen LogP) is 5.03. The molecule has 188 valence electrons. The zero-order valence-corrected chi connectivity index (χ0v) is 21.5. The van der Waals surface area contributed by atoms with E-state index in [-0.39, 0.29) is 17.2 Å². The molecule has 2 aromatic rings. The number of nitriles is 1. The van der Waals surface area contributed by atoms with Crippen molar-refractivity contribution in [2.75, 3.05) is 51.3 Å². The lowest BCUT2D eigenvalue weighted by Gasteiger charge is -2.37. The monoisotopic (exact) mass is 502 g/mol. The highest BCUT2D eigenvalue weighted by Gasteiger charge is 2.30. The molecular formula is C26H32ClFN4O3. The minimum Gasteiger partial charge on any atom is -0.490 e.